The zero-order valence-corrected chi connectivity index (χ0v) is 12.8. The lowest BCUT2D eigenvalue weighted by Gasteiger charge is -2.27. The van der Waals surface area contributed by atoms with Gasteiger partial charge in [-0.3, -0.25) is 0 Å². The van der Waals surface area contributed by atoms with Crippen molar-refractivity contribution in [1.82, 2.24) is 5.32 Å². The molecule has 0 bridgehead atoms. The highest BCUT2D eigenvalue weighted by molar-refractivity contribution is 4.72. The van der Waals surface area contributed by atoms with Gasteiger partial charge in [-0.2, -0.15) is 0 Å². The lowest BCUT2D eigenvalue weighted by atomic mass is 9.82. The van der Waals surface area contributed by atoms with Crippen LogP contribution in [0.4, 0.5) is 0 Å². The molecule has 2 atom stereocenters. The van der Waals surface area contributed by atoms with Gasteiger partial charge in [-0.1, -0.05) is 39.0 Å². The van der Waals surface area contributed by atoms with Crippen LogP contribution in [0.2, 0.25) is 0 Å². The van der Waals surface area contributed by atoms with Gasteiger partial charge in [0.1, 0.15) is 0 Å². The monoisotopic (exact) mass is 267 g/mol. The van der Waals surface area contributed by atoms with Gasteiger partial charge in [0.25, 0.3) is 0 Å². The van der Waals surface area contributed by atoms with E-state index in [1.165, 1.54) is 70.8 Å². The van der Waals surface area contributed by atoms with Gasteiger partial charge < -0.3 is 10.1 Å². The van der Waals surface area contributed by atoms with Crippen molar-refractivity contribution in [2.75, 3.05) is 19.7 Å². The van der Waals surface area contributed by atoms with E-state index in [2.05, 4.69) is 12.2 Å². The van der Waals surface area contributed by atoms with E-state index >= 15 is 0 Å². The number of nitrogens with one attached hydrogen (secondary N) is 1. The second kappa shape index (κ2) is 8.97. The molecule has 0 radical (unpaired) electrons. The summed E-state index contributed by atoms with van der Waals surface area (Å²) in [7, 11) is 0. The fourth-order valence-corrected chi connectivity index (χ4v) is 3.73. The summed E-state index contributed by atoms with van der Waals surface area (Å²) in [6.45, 7) is 5.73. The molecule has 0 aromatic rings. The minimum Gasteiger partial charge on any atom is -0.378 e. The lowest BCUT2D eigenvalue weighted by Crippen LogP contribution is -2.28. The highest BCUT2D eigenvalue weighted by atomic mass is 16.5. The molecular weight excluding hydrogens is 234 g/mol. The Bertz CT molecular complexity index is 225. The van der Waals surface area contributed by atoms with Crippen LogP contribution in [-0.2, 0) is 4.74 Å². The maximum atomic E-state index is 5.95. The normalized spacial score (nSPS) is 29.5. The molecule has 2 fully saturated rings. The molecule has 2 saturated carbocycles. The van der Waals surface area contributed by atoms with Crippen LogP contribution in [-0.4, -0.2) is 25.8 Å². The predicted molar refractivity (Wildman–Crippen MR) is 81.4 cm³/mol. The average Bonchev–Trinajstić information content (AvgIpc) is 2.44. The second-order valence-corrected chi connectivity index (χ2v) is 6.83. The van der Waals surface area contributed by atoms with Crippen LogP contribution in [0, 0.1) is 11.8 Å². The van der Waals surface area contributed by atoms with Crippen molar-refractivity contribution in [3.05, 3.63) is 0 Å². The van der Waals surface area contributed by atoms with Crippen LogP contribution in [0.25, 0.3) is 0 Å². The first-order valence-corrected chi connectivity index (χ1v) is 8.67. The largest absolute Gasteiger partial charge is 0.378 e. The van der Waals surface area contributed by atoms with Crippen LogP contribution in [0.3, 0.4) is 0 Å². The summed E-state index contributed by atoms with van der Waals surface area (Å²) >= 11 is 0. The molecule has 2 aliphatic rings. The molecule has 0 aromatic carbocycles. The van der Waals surface area contributed by atoms with Gasteiger partial charge in [-0.25, -0.2) is 0 Å². The molecule has 2 heteroatoms. The van der Waals surface area contributed by atoms with E-state index in [-0.39, 0.29) is 0 Å². The Morgan fingerprint density at radius 1 is 1.00 bits per heavy atom. The van der Waals surface area contributed by atoms with Crippen molar-refractivity contribution in [2.24, 2.45) is 11.8 Å². The Kier molecular flexibility index (Phi) is 7.23. The summed E-state index contributed by atoms with van der Waals surface area (Å²) in [5, 5.41) is 3.63. The third-order valence-corrected chi connectivity index (χ3v) is 4.88. The highest BCUT2D eigenvalue weighted by Gasteiger charge is 2.18. The Balaban J connectivity index is 1.41. The fourth-order valence-electron chi connectivity index (χ4n) is 3.73. The summed E-state index contributed by atoms with van der Waals surface area (Å²) in [5.74, 6) is 1.89. The summed E-state index contributed by atoms with van der Waals surface area (Å²) in [4.78, 5) is 0. The first kappa shape index (κ1) is 15.3. The third kappa shape index (κ3) is 6.27. The van der Waals surface area contributed by atoms with Crippen molar-refractivity contribution in [2.45, 2.75) is 77.2 Å². The number of rotatable bonds is 7. The maximum Gasteiger partial charge on any atom is 0.0575 e. The molecule has 0 spiro atoms. The van der Waals surface area contributed by atoms with Crippen LogP contribution in [0.5, 0.6) is 0 Å². The summed E-state index contributed by atoms with van der Waals surface area (Å²) < 4.78 is 5.95. The summed E-state index contributed by atoms with van der Waals surface area (Å²) in [6, 6.07) is 0. The van der Waals surface area contributed by atoms with E-state index in [0.717, 1.165) is 25.0 Å². The second-order valence-electron chi connectivity index (χ2n) is 6.83. The smallest absolute Gasteiger partial charge is 0.0575 e. The predicted octanol–water partition coefficient (Wildman–Crippen LogP) is 4.14. The summed E-state index contributed by atoms with van der Waals surface area (Å²) in [5.41, 5.74) is 0. The molecule has 112 valence electrons. The zero-order valence-electron chi connectivity index (χ0n) is 12.8. The third-order valence-electron chi connectivity index (χ3n) is 4.88. The van der Waals surface area contributed by atoms with Crippen molar-refractivity contribution < 1.29 is 4.74 Å². The quantitative estimate of drug-likeness (QED) is 0.700. The molecule has 0 amide bonds. The van der Waals surface area contributed by atoms with E-state index in [9.17, 15) is 0 Å². The molecule has 2 unspecified atom stereocenters. The molecule has 2 nitrogen and oxygen atoms in total. The molecule has 2 aliphatic carbocycles. The molecular formula is C17H33NO. The molecule has 0 aromatic heterocycles. The van der Waals surface area contributed by atoms with Gasteiger partial charge in [0, 0.05) is 6.61 Å². The Morgan fingerprint density at radius 3 is 2.63 bits per heavy atom. The molecule has 2 rings (SSSR count). The summed E-state index contributed by atoms with van der Waals surface area (Å²) in [6.07, 6.45) is 14.3. The van der Waals surface area contributed by atoms with Crippen molar-refractivity contribution in [3.8, 4) is 0 Å². The number of ether oxygens (including phenoxy) is 1. The Hall–Kier alpha value is -0.0800. The SMILES string of the molecule is CC1CCCC(CNCCCOC2CCCCC2)C1. The first-order chi connectivity index (χ1) is 9.34. The number of hydrogen-bond acceptors (Lipinski definition) is 2. The van der Waals surface area contributed by atoms with E-state index in [1.807, 2.05) is 0 Å². The maximum absolute atomic E-state index is 5.95. The van der Waals surface area contributed by atoms with Crippen LogP contribution < -0.4 is 5.32 Å². The van der Waals surface area contributed by atoms with E-state index in [0.29, 0.717) is 6.10 Å². The van der Waals surface area contributed by atoms with Crippen molar-refractivity contribution in [3.63, 3.8) is 0 Å². The van der Waals surface area contributed by atoms with Crippen LogP contribution >= 0.6 is 0 Å². The van der Waals surface area contributed by atoms with E-state index in [1.54, 1.807) is 0 Å². The number of hydrogen-bond donors (Lipinski definition) is 1. The Morgan fingerprint density at radius 2 is 1.84 bits per heavy atom. The minimum atomic E-state index is 0.577. The molecule has 19 heavy (non-hydrogen) atoms. The van der Waals surface area contributed by atoms with Gasteiger partial charge in [0.15, 0.2) is 0 Å². The van der Waals surface area contributed by atoms with Gasteiger partial charge in [-0.15, -0.1) is 0 Å². The lowest BCUT2D eigenvalue weighted by molar-refractivity contribution is 0.0272. The van der Waals surface area contributed by atoms with Crippen molar-refractivity contribution in [1.29, 1.82) is 0 Å². The first-order valence-electron chi connectivity index (χ1n) is 8.67. The average molecular weight is 267 g/mol. The molecule has 0 saturated heterocycles. The highest BCUT2D eigenvalue weighted by Crippen LogP contribution is 2.27. The van der Waals surface area contributed by atoms with Gasteiger partial charge in [0.2, 0.25) is 0 Å². The standard InChI is InChI=1S/C17H33NO/c1-15-7-5-8-16(13-15)14-18-11-6-12-19-17-9-3-2-4-10-17/h15-18H,2-14H2,1H3. The van der Waals surface area contributed by atoms with Crippen LogP contribution in [0.15, 0.2) is 0 Å². The van der Waals surface area contributed by atoms with E-state index in [4.69, 9.17) is 4.74 Å². The molecule has 0 heterocycles. The topological polar surface area (TPSA) is 21.3 Å². The van der Waals surface area contributed by atoms with Crippen LogP contribution in [0.1, 0.15) is 71.1 Å². The fraction of sp³-hybridized carbons (Fsp3) is 1.00. The molecule has 0 aliphatic heterocycles. The van der Waals surface area contributed by atoms with Gasteiger partial charge in [0.05, 0.1) is 6.10 Å². The van der Waals surface area contributed by atoms with E-state index < -0.39 is 0 Å². The van der Waals surface area contributed by atoms with Crippen molar-refractivity contribution >= 4 is 0 Å². The Labute approximate surface area is 119 Å². The molecule has 1 N–H and O–H groups in total. The minimum absolute atomic E-state index is 0.577. The van der Waals surface area contributed by atoms with Gasteiger partial charge >= 0.3 is 0 Å². The zero-order chi connectivity index (χ0) is 13.3. The van der Waals surface area contributed by atoms with Gasteiger partial charge in [-0.05, 0) is 57.0 Å².